The highest BCUT2D eigenvalue weighted by Crippen LogP contribution is 2.14. The van der Waals surface area contributed by atoms with Gasteiger partial charge >= 0.3 is 0 Å². The Hall–Kier alpha value is -0.480. The number of hydrogen-bond donors (Lipinski definition) is 2. The summed E-state index contributed by atoms with van der Waals surface area (Å²) >= 11 is 0. The van der Waals surface area contributed by atoms with Gasteiger partial charge in [-0.2, -0.15) is 0 Å². The lowest BCUT2D eigenvalue weighted by Gasteiger charge is -2.32. The Morgan fingerprint density at radius 2 is 2.17 bits per heavy atom. The molecule has 0 saturated carbocycles. The number of halogens is 2. The zero-order valence-electron chi connectivity index (χ0n) is 10.8. The molecule has 1 heterocycles. The number of rotatable bonds is 3. The minimum atomic E-state index is 0. The van der Waals surface area contributed by atoms with Crippen molar-refractivity contribution in [3.05, 3.63) is 29.8 Å². The van der Waals surface area contributed by atoms with Crippen molar-refractivity contribution in [1.82, 2.24) is 10.2 Å². The van der Waals surface area contributed by atoms with Gasteiger partial charge in [0.05, 0.1) is 0 Å². The van der Waals surface area contributed by atoms with Crippen molar-refractivity contribution in [3.8, 4) is 0 Å². The van der Waals surface area contributed by atoms with Crippen LogP contribution in [0.3, 0.4) is 0 Å². The molecule has 5 heteroatoms. The Bertz CT molecular complexity index is 347. The Kier molecular flexibility index (Phi) is 8.36. The molecule has 1 saturated heterocycles. The first-order chi connectivity index (χ1) is 7.78. The van der Waals surface area contributed by atoms with E-state index in [2.05, 4.69) is 29.4 Å². The largest absolute Gasteiger partial charge is 0.399 e. The number of benzene rings is 1. The molecule has 1 aliphatic rings. The topological polar surface area (TPSA) is 41.3 Å². The van der Waals surface area contributed by atoms with Crippen LogP contribution in [0.2, 0.25) is 0 Å². The number of nitrogens with one attached hydrogen (secondary N) is 1. The van der Waals surface area contributed by atoms with E-state index < -0.39 is 0 Å². The minimum Gasteiger partial charge on any atom is -0.399 e. The third-order valence-corrected chi connectivity index (χ3v) is 3.27. The summed E-state index contributed by atoms with van der Waals surface area (Å²) in [5.41, 5.74) is 7.96. The van der Waals surface area contributed by atoms with Crippen molar-refractivity contribution in [1.29, 1.82) is 0 Å². The Balaban J connectivity index is 0.00000144. The summed E-state index contributed by atoms with van der Waals surface area (Å²) in [6, 6.07) is 8.85. The second-order valence-corrected chi connectivity index (χ2v) is 4.61. The van der Waals surface area contributed by atoms with Crippen molar-refractivity contribution >= 4 is 30.5 Å². The number of piperidine rings is 1. The maximum absolute atomic E-state index is 5.79. The van der Waals surface area contributed by atoms with Crippen LogP contribution < -0.4 is 11.1 Å². The summed E-state index contributed by atoms with van der Waals surface area (Å²) in [5.74, 6) is 0. The maximum atomic E-state index is 5.79. The molecular formula is C13H23Cl2N3. The molecule has 1 unspecified atom stereocenters. The molecule has 0 amide bonds. The molecular weight excluding hydrogens is 269 g/mol. The molecule has 18 heavy (non-hydrogen) atoms. The Labute approximate surface area is 122 Å². The summed E-state index contributed by atoms with van der Waals surface area (Å²) in [5, 5.41) is 3.36. The number of nitrogens with two attached hydrogens (primary N) is 1. The summed E-state index contributed by atoms with van der Waals surface area (Å²) in [6.07, 6.45) is 2.58. The summed E-state index contributed by atoms with van der Waals surface area (Å²) in [7, 11) is 2.05. The first-order valence-corrected chi connectivity index (χ1v) is 6.02. The zero-order chi connectivity index (χ0) is 11.4. The molecule has 2 rings (SSSR count). The molecule has 1 aliphatic heterocycles. The molecule has 3 nitrogen and oxygen atoms in total. The fourth-order valence-corrected chi connectivity index (χ4v) is 2.38. The molecule has 0 aromatic heterocycles. The number of nitrogen functional groups attached to an aromatic ring is 1. The quantitative estimate of drug-likeness (QED) is 0.840. The second kappa shape index (κ2) is 8.59. The van der Waals surface area contributed by atoms with Crippen LogP contribution in [0, 0.1) is 0 Å². The lowest BCUT2D eigenvalue weighted by molar-refractivity contribution is 0.188. The van der Waals surface area contributed by atoms with Crippen LogP contribution in [0.25, 0.3) is 0 Å². The summed E-state index contributed by atoms with van der Waals surface area (Å²) < 4.78 is 0. The Morgan fingerprint density at radius 1 is 1.39 bits per heavy atom. The molecule has 3 N–H and O–H groups in total. The predicted octanol–water partition coefficient (Wildman–Crippen LogP) is 2.30. The summed E-state index contributed by atoms with van der Waals surface area (Å²) in [6.45, 7) is 3.36. The van der Waals surface area contributed by atoms with Crippen LogP contribution in [0.15, 0.2) is 24.3 Å². The molecule has 0 radical (unpaired) electrons. The van der Waals surface area contributed by atoms with Gasteiger partial charge in [0.25, 0.3) is 0 Å². The van der Waals surface area contributed by atoms with E-state index in [1.807, 2.05) is 12.1 Å². The molecule has 1 fully saturated rings. The lowest BCUT2D eigenvalue weighted by Crippen LogP contribution is -2.43. The van der Waals surface area contributed by atoms with Gasteiger partial charge in [0.2, 0.25) is 0 Å². The van der Waals surface area contributed by atoms with Gasteiger partial charge in [-0.1, -0.05) is 12.1 Å². The van der Waals surface area contributed by atoms with E-state index in [0.29, 0.717) is 6.04 Å². The van der Waals surface area contributed by atoms with Crippen molar-refractivity contribution in [2.45, 2.75) is 25.4 Å². The number of anilines is 1. The van der Waals surface area contributed by atoms with E-state index in [4.69, 9.17) is 5.73 Å². The van der Waals surface area contributed by atoms with Gasteiger partial charge in [-0.05, 0) is 44.1 Å². The maximum Gasteiger partial charge on any atom is 0.0317 e. The average Bonchev–Trinajstić information content (AvgIpc) is 2.29. The van der Waals surface area contributed by atoms with Crippen molar-refractivity contribution in [3.63, 3.8) is 0 Å². The predicted molar refractivity (Wildman–Crippen MR) is 82.7 cm³/mol. The van der Waals surface area contributed by atoms with Gasteiger partial charge in [0.15, 0.2) is 0 Å². The van der Waals surface area contributed by atoms with E-state index >= 15 is 0 Å². The molecule has 0 bridgehead atoms. The molecule has 0 spiro atoms. The molecule has 0 aliphatic carbocycles. The number of likely N-dealkylation sites (tertiary alicyclic amines) is 1. The van der Waals surface area contributed by atoms with Gasteiger partial charge in [-0.25, -0.2) is 0 Å². The first-order valence-electron chi connectivity index (χ1n) is 6.02. The number of nitrogens with zero attached hydrogens (tertiary/aromatic N) is 1. The van der Waals surface area contributed by atoms with Crippen LogP contribution in [0.4, 0.5) is 5.69 Å². The van der Waals surface area contributed by atoms with Crippen molar-refractivity contribution in [2.75, 3.05) is 25.9 Å². The van der Waals surface area contributed by atoms with Crippen LogP contribution in [-0.4, -0.2) is 31.1 Å². The van der Waals surface area contributed by atoms with E-state index in [9.17, 15) is 0 Å². The van der Waals surface area contributed by atoms with Crippen molar-refractivity contribution in [2.24, 2.45) is 0 Å². The minimum absolute atomic E-state index is 0. The third kappa shape index (κ3) is 5.02. The van der Waals surface area contributed by atoms with Crippen LogP contribution in [0.1, 0.15) is 18.4 Å². The smallest absolute Gasteiger partial charge is 0.0317 e. The normalized spacial score (nSPS) is 19.7. The van der Waals surface area contributed by atoms with E-state index in [1.165, 1.54) is 24.9 Å². The standard InChI is InChI=1S/C13H21N3.2ClH/c1-15-13-6-3-7-16(10-13)9-11-4-2-5-12(14)8-11;;/h2,4-5,8,13,15H,3,6-7,9-10,14H2,1H3;2*1H. The van der Waals surface area contributed by atoms with Gasteiger partial charge in [0.1, 0.15) is 0 Å². The molecule has 1 aromatic rings. The molecule has 1 aromatic carbocycles. The molecule has 1 atom stereocenters. The number of hydrogen-bond acceptors (Lipinski definition) is 3. The van der Waals surface area contributed by atoms with E-state index in [0.717, 1.165) is 18.8 Å². The fraction of sp³-hybridized carbons (Fsp3) is 0.538. The van der Waals surface area contributed by atoms with Crippen LogP contribution in [0.5, 0.6) is 0 Å². The van der Waals surface area contributed by atoms with E-state index in [1.54, 1.807) is 0 Å². The van der Waals surface area contributed by atoms with Gasteiger partial charge < -0.3 is 11.1 Å². The van der Waals surface area contributed by atoms with Crippen LogP contribution in [-0.2, 0) is 6.54 Å². The lowest BCUT2D eigenvalue weighted by atomic mass is 10.0. The van der Waals surface area contributed by atoms with Gasteiger partial charge in [-0.3, -0.25) is 4.90 Å². The average molecular weight is 292 g/mol. The Morgan fingerprint density at radius 3 is 2.83 bits per heavy atom. The highest BCUT2D eigenvalue weighted by Gasteiger charge is 2.18. The van der Waals surface area contributed by atoms with Crippen LogP contribution >= 0.6 is 24.8 Å². The third-order valence-electron chi connectivity index (χ3n) is 3.27. The highest BCUT2D eigenvalue weighted by molar-refractivity contribution is 5.85. The molecule has 104 valence electrons. The van der Waals surface area contributed by atoms with Gasteiger partial charge in [0, 0.05) is 24.8 Å². The zero-order valence-corrected chi connectivity index (χ0v) is 12.4. The van der Waals surface area contributed by atoms with E-state index in [-0.39, 0.29) is 24.8 Å². The van der Waals surface area contributed by atoms with Gasteiger partial charge in [-0.15, -0.1) is 24.8 Å². The highest BCUT2D eigenvalue weighted by atomic mass is 35.5. The second-order valence-electron chi connectivity index (χ2n) is 4.61. The fourth-order valence-electron chi connectivity index (χ4n) is 2.38. The summed E-state index contributed by atoms with van der Waals surface area (Å²) in [4.78, 5) is 2.50. The first kappa shape index (κ1) is 17.5. The van der Waals surface area contributed by atoms with Crippen molar-refractivity contribution < 1.29 is 0 Å². The SMILES string of the molecule is CNC1CCCN(Cc2cccc(N)c2)C1.Cl.Cl. The number of likely N-dealkylation sites (N-methyl/N-ethyl adjacent to an activating group) is 1. The monoisotopic (exact) mass is 291 g/mol.